The number of fused-ring (bicyclic) bond motifs is 1. The topological polar surface area (TPSA) is 69.7 Å². The van der Waals surface area contributed by atoms with E-state index in [4.69, 9.17) is 11.6 Å². The summed E-state index contributed by atoms with van der Waals surface area (Å²) in [7, 11) is -3.62. The van der Waals surface area contributed by atoms with Crippen molar-refractivity contribution in [3.8, 4) is 0 Å². The Morgan fingerprint density at radius 2 is 1.87 bits per heavy atom. The molecular weight excluding hydrogens is 434 g/mol. The van der Waals surface area contributed by atoms with Gasteiger partial charge in [0.25, 0.3) is 0 Å². The zero-order valence-electron chi connectivity index (χ0n) is 17.5. The van der Waals surface area contributed by atoms with Crippen LogP contribution in [0, 0.1) is 5.92 Å². The van der Waals surface area contributed by atoms with Gasteiger partial charge in [-0.2, -0.15) is 4.31 Å². The van der Waals surface area contributed by atoms with Crippen molar-refractivity contribution in [3.05, 3.63) is 59.1 Å². The van der Waals surface area contributed by atoms with Crippen LogP contribution in [0.15, 0.2) is 53.4 Å². The summed E-state index contributed by atoms with van der Waals surface area (Å²) in [6, 6.07) is 14.6. The van der Waals surface area contributed by atoms with Crippen LogP contribution in [0.25, 0.3) is 0 Å². The van der Waals surface area contributed by atoms with Crippen molar-refractivity contribution in [2.24, 2.45) is 5.92 Å². The van der Waals surface area contributed by atoms with E-state index in [0.717, 1.165) is 25.9 Å². The number of amides is 1. The highest BCUT2D eigenvalue weighted by atomic mass is 35.5. The Morgan fingerprint density at radius 1 is 1.10 bits per heavy atom. The quantitative estimate of drug-likeness (QED) is 0.642. The molecule has 2 aromatic carbocycles. The molecule has 0 saturated carbocycles. The summed E-state index contributed by atoms with van der Waals surface area (Å²) in [6.45, 7) is 3.17. The first kappa shape index (κ1) is 22.1. The van der Waals surface area contributed by atoms with Crippen molar-refractivity contribution in [1.82, 2.24) is 9.62 Å². The molecule has 1 fully saturated rings. The van der Waals surface area contributed by atoms with Crippen molar-refractivity contribution in [2.75, 3.05) is 37.6 Å². The lowest BCUT2D eigenvalue weighted by Gasteiger charge is -2.31. The van der Waals surface area contributed by atoms with Crippen molar-refractivity contribution in [1.29, 1.82) is 0 Å². The number of anilines is 1. The molecule has 0 aliphatic carbocycles. The summed E-state index contributed by atoms with van der Waals surface area (Å²) in [5.74, 6) is -0.374. The number of piperidine rings is 1. The molecule has 2 aliphatic heterocycles. The smallest absolute Gasteiger partial charge is 0.243 e. The van der Waals surface area contributed by atoms with Gasteiger partial charge in [-0.05, 0) is 61.6 Å². The third kappa shape index (κ3) is 5.05. The molecule has 2 heterocycles. The minimum atomic E-state index is -3.62. The lowest BCUT2D eigenvalue weighted by molar-refractivity contribution is -0.126. The van der Waals surface area contributed by atoms with Gasteiger partial charge < -0.3 is 10.2 Å². The molecule has 2 aliphatic rings. The summed E-state index contributed by atoms with van der Waals surface area (Å²) in [4.78, 5) is 15.3. The largest absolute Gasteiger partial charge is 0.371 e. The average Bonchev–Trinajstić information content (AvgIpc) is 3.20. The molecule has 1 N–H and O–H groups in total. The predicted octanol–water partition coefficient (Wildman–Crippen LogP) is 3.31. The molecule has 0 radical (unpaired) electrons. The number of para-hydroxylation sites is 1. The van der Waals surface area contributed by atoms with Crippen molar-refractivity contribution >= 4 is 33.2 Å². The van der Waals surface area contributed by atoms with Crippen LogP contribution in [0.2, 0.25) is 5.02 Å². The van der Waals surface area contributed by atoms with Crippen LogP contribution in [0.1, 0.15) is 24.8 Å². The Kier molecular flexibility index (Phi) is 6.84. The number of carbonyl (C=O) groups excluding carboxylic acids is 1. The fourth-order valence-corrected chi connectivity index (χ4v) is 6.04. The second-order valence-corrected chi connectivity index (χ2v) is 10.5. The summed E-state index contributed by atoms with van der Waals surface area (Å²) >= 11 is 5.87. The summed E-state index contributed by atoms with van der Waals surface area (Å²) in [5, 5.41) is 3.51. The van der Waals surface area contributed by atoms with E-state index in [1.54, 1.807) is 12.1 Å². The molecule has 4 rings (SSSR count). The lowest BCUT2D eigenvalue weighted by Crippen LogP contribution is -2.45. The van der Waals surface area contributed by atoms with E-state index < -0.39 is 10.0 Å². The van der Waals surface area contributed by atoms with Crippen molar-refractivity contribution in [2.45, 2.75) is 30.6 Å². The van der Waals surface area contributed by atoms with E-state index in [9.17, 15) is 13.2 Å². The fraction of sp³-hybridized carbons (Fsp3) is 0.435. The Bertz CT molecular complexity index is 1030. The summed E-state index contributed by atoms with van der Waals surface area (Å²) in [5.41, 5.74) is 2.68. The van der Waals surface area contributed by atoms with Crippen LogP contribution in [0.3, 0.4) is 0 Å². The number of rotatable bonds is 7. The van der Waals surface area contributed by atoms with Crippen molar-refractivity contribution in [3.63, 3.8) is 0 Å². The molecule has 0 aromatic heterocycles. The number of hydrogen-bond donors (Lipinski definition) is 1. The zero-order valence-corrected chi connectivity index (χ0v) is 19.0. The molecule has 0 bridgehead atoms. The third-order valence-corrected chi connectivity index (χ3v) is 8.23. The first-order valence-corrected chi connectivity index (χ1v) is 12.6. The molecule has 31 heavy (non-hydrogen) atoms. The van der Waals surface area contributed by atoms with Gasteiger partial charge in [-0.15, -0.1) is 0 Å². The Morgan fingerprint density at radius 3 is 2.68 bits per heavy atom. The maximum absolute atomic E-state index is 12.9. The monoisotopic (exact) mass is 461 g/mol. The highest BCUT2D eigenvalue weighted by Crippen LogP contribution is 2.27. The van der Waals surface area contributed by atoms with Gasteiger partial charge in [0.15, 0.2) is 0 Å². The van der Waals surface area contributed by atoms with Gasteiger partial charge in [0.2, 0.25) is 15.9 Å². The van der Waals surface area contributed by atoms with Gasteiger partial charge in [0.1, 0.15) is 0 Å². The fourth-order valence-electron chi connectivity index (χ4n) is 4.40. The van der Waals surface area contributed by atoms with E-state index in [1.807, 2.05) is 0 Å². The molecular formula is C23H28ClN3O3S. The second kappa shape index (κ2) is 9.59. The van der Waals surface area contributed by atoms with E-state index in [-0.39, 0.29) is 23.3 Å². The number of hydrogen-bond acceptors (Lipinski definition) is 4. The maximum atomic E-state index is 12.9. The minimum absolute atomic E-state index is 0.0576. The highest BCUT2D eigenvalue weighted by molar-refractivity contribution is 7.89. The first-order valence-electron chi connectivity index (χ1n) is 10.8. The van der Waals surface area contributed by atoms with Crippen molar-refractivity contribution < 1.29 is 13.2 Å². The highest BCUT2D eigenvalue weighted by Gasteiger charge is 2.33. The van der Waals surface area contributed by atoms with E-state index in [2.05, 4.69) is 34.5 Å². The van der Waals surface area contributed by atoms with Crippen LogP contribution in [-0.2, 0) is 21.2 Å². The average molecular weight is 462 g/mol. The summed E-state index contributed by atoms with van der Waals surface area (Å²) in [6.07, 6.45) is 3.32. The number of carbonyl (C=O) groups is 1. The molecule has 166 valence electrons. The molecule has 1 atom stereocenters. The van der Waals surface area contributed by atoms with Gasteiger partial charge in [-0.25, -0.2) is 8.42 Å². The number of nitrogens with one attached hydrogen (secondary N) is 1. The molecule has 6 nitrogen and oxygen atoms in total. The lowest BCUT2D eigenvalue weighted by atomic mass is 9.99. The Balaban J connectivity index is 1.27. The van der Waals surface area contributed by atoms with Gasteiger partial charge in [-0.1, -0.05) is 29.8 Å². The second-order valence-electron chi connectivity index (χ2n) is 8.17. The molecule has 8 heteroatoms. The van der Waals surface area contributed by atoms with Gasteiger partial charge in [0, 0.05) is 43.4 Å². The van der Waals surface area contributed by atoms with E-state index in [0.29, 0.717) is 31.0 Å². The van der Waals surface area contributed by atoms with Crippen LogP contribution in [0.5, 0.6) is 0 Å². The van der Waals surface area contributed by atoms with Crippen LogP contribution in [0.4, 0.5) is 5.69 Å². The number of benzene rings is 2. The predicted molar refractivity (Wildman–Crippen MR) is 123 cm³/mol. The van der Waals surface area contributed by atoms with Crippen LogP contribution < -0.4 is 10.2 Å². The summed E-state index contributed by atoms with van der Waals surface area (Å²) < 4.78 is 27.3. The number of halogens is 1. The van der Waals surface area contributed by atoms with Crippen LogP contribution >= 0.6 is 11.6 Å². The molecule has 2 aromatic rings. The van der Waals surface area contributed by atoms with Crippen LogP contribution in [-0.4, -0.2) is 51.4 Å². The van der Waals surface area contributed by atoms with E-state index in [1.165, 1.54) is 27.7 Å². The Hall–Kier alpha value is -2.09. The van der Waals surface area contributed by atoms with Gasteiger partial charge >= 0.3 is 0 Å². The van der Waals surface area contributed by atoms with Gasteiger partial charge in [-0.3, -0.25) is 4.79 Å². The Labute approximate surface area is 189 Å². The first-order chi connectivity index (χ1) is 14.9. The number of nitrogens with zero attached hydrogens (tertiary/aromatic N) is 2. The maximum Gasteiger partial charge on any atom is 0.243 e. The zero-order chi connectivity index (χ0) is 21.8. The van der Waals surface area contributed by atoms with Gasteiger partial charge in [0.05, 0.1) is 10.8 Å². The standard InChI is InChI=1S/C23H28ClN3O3S/c24-20-8-10-21(11-9-20)31(29,30)27-15-3-6-19(17-27)23(28)25-13-4-14-26-16-12-18-5-1-2-7-22(18)26/h1-2,5,7-11,19H,3-4,6,12-17H2,(H,25,28)/t19-/m1/s1. The van der Waals surface area contributed by atoms with E-state index >= 15 is 0 Å². The third-order valence-electron chi connectivity index (χ3n) is 6.09. The molecule has 0 spiro atoms. The molecule has 1 saturated heterocycles. The normalized spacial score (nSPS) is 19.3. The number of sulfonamides is 1. The molecule has 1 amide bonds. The molecule has 0 unspecified atom stereocenters. The SMILES string of the molecule is O=C(NCCCN1CCc2ccccc21)[C@@H]1CCCN(S(=O)(=O)c2ccc(Cl)cc2)C1. The minimum Gasteiger partial charge on any atom is -0.371 e.